The molecule has 7 heteroatoms. The van der Waals surface area contributed by atoms with E-state index >= 15 is 0 Å². The molecule has 1 aliphatic heterocycles. The second-order valence-corrected chi connectivity index (χ2v) is 20.0. The highest BCUT2D eigenvalue weighted by Gasteiger charge is 2.33. The molecule has 0 radical (unpaired) electrons. The molecule has 0 fully saturated rings. The van der Waals surface area contributed by atoms with Crippen LogP contribution in [0.25, 0.3) is 61.0 Å². The lowest BCUT2D eigenvalue weighted by molar-refractivity contribution is 0.483. The molecule has 0 N–H and O–H groups in total. The number of anilines is 4. The first-order chi connectivity index (χ1) is 33.3. The van der Waals surface area contributed by atoms with Crippen LogP contribution in [0.15, 0.2) is 194 Å². The molecule has 0 spiro atoms. The Morgan fingerprint density at radius 2 is 1.06 bits per heavy atom. The number of para-hydroxylation sites is 3. The number of hydrogen-bond donors (Lipinski definition) is 0. The van der Waals surface area contributed by atoms with Crippen LogP contribution < -0.4 is 14.5 Å². The third-order valence-corrected chi connectivity index (χ3v) is 13.3. The highest BCUT2D eigenvalue weighted by atomic mass is 19.1. The maximum atomic E-state index is 14.6. The molecule has 2 aromatic heterocycles. The second-order valence-electron chi connectivity index (χ2n) is 20.0. The fraction of sp³-hybridized carbons (Fsp3) is 0.145. The van der Waals surface area contributed by atoms with Crippen molar-refractivity contribution in [2.75, 3.05) is 16.5 Å². The third kappa shape index (κ3) is 8.18. The minimum atomic E-state index is -0.301. The average molecular weight is 907 g/mol. The first kappa shape index (κ1) is 43.5. The predicted octanol–water partition coefficient (Wildman–Crippen LogP) is 17.1. The minimum absolute atomic E-state index is 0.0499. The highest BCUT2D eigenvalue weighted by Crippen LogP contribution is 2.52. The Bertz CT molecular complexity index is 3480. The van der Waals surface area contributed by atoms with Gasteiger partial charge in [0.05, 0.1) is 28.1 Å². The van der Waals surface area contributed by atoms with Crippen LogP contribution in [0, 0.1) is 11.6 Å². The second kappa shape index (κ2) is 16.9. The largest absolute Gasteiger partial charge is 0.457 e. The van der Waals surface area contributed by atoms with Crippen LogP contribution in [-0.4, -0.2) is 16.2 Å². The van der Waals surface area contributed by atoms with E-state index in [0.29, 0.717) is 18.2 Å². The maximum absolute atomic E-state index is 14.6. The van der Waals surface area contributed by atoms with E-state index in [1.54, 1.807) is 0 Å². The number of pyridine rings is 1. The molecule has 3 heterocycles. The monoisotopic (exact) mass is 906 g/mol. The number of halogens is 2. The molecule has 0 bridgehead atoms. The first-order valence-electron chi connectivity index (χ1n) is 23.5. The SMILES string of the molecule is CC(C)(C)c1ccnc(-n2c3ccccc3c3ccc(Oc4cc(-c5ccccc5)cc(N5CN(c6c(-c7ccc(F)cc7)cc(C(C)(C)C)cc6-c6ccc(F)cc6)c6ccccc65)c4)cc32)c1. The molecule has 0 saturated carbocycles. The molecule has 0 unspecified atom stereocenters. The number of benzene rings is 8. The van der Waals surface area contributed by atoms with Crippen molar-refractivity contribution in [2.45, 2.75) is 52.4 Å². The van der Waals surface area contributed by atoms with E-state index in [4.69, 9.17) is 9.72 Å². The molecule has 10 aromatic rings. The predicted molar refractivity (Wildman–Crippen MR) is 281 cm³/mol. The van der Waals surface area contributed by atoms with Gasteiger partial charge in [0.15, 0.2) is 0 Å². The molecule has 0 atom stereocenters. The van der Waals surface area contributed by atoms with Gasteiger partial charge in [-0.25, -0.2) is 13.8 Å². The fourth-order valence-corrected chi connectivity index (χ4v) is 9.68. The zero-order valence-corrected chi connectivity index (χ0v) is 39.6. The van der Waals surface area contributed by atoms with Gasteiger partial charge in [-0.3, -0.25) is 4.57 Å². The molecule has 0 amide bonds. The summed E-state index contributed by atoms with van der Waals surface area (Å²) >= 11 is 0. The molecule has 5 nitrogen and oxygen atoms in total. The normalized spacial score (nSPS) is 12.8. The van der Waals surface area contributed by atoms with E-state index < -0.39 is 0 Å². The average Bonchev–Trinajstić information content (AvgIpc) is 3.90. The molecule has 11 rings (SSSR count). The lowest BCUT2D eigenvalue weighted by atomic mass is 9.82. The van der Waals surface area contributed by atoms with Crippen LogP contribution in [0.3, 0.4) is 0 Å². The van der Waals surface area contributed by atoms with Crippen LogP contribution in [0.4, 0.5) is 31.5 Å². The molecule has 340 valence electrons. The lowest BCUT2D eigenvalue weighted by Crippen LogP contribution is -2.25. The minimum Gasteiger partial charge on any atom is -0.457 e. The standard InChI is InChI=1S/C62H52F2N4O/c1-61(2,3)44-30-31-65-59(36-44)68-55-17-11-10-16-51(55)52-29-28-49(38-58(52)68)69-50-33-43(40-14-8-7-9-15-40)32-48(37-50)66-39-67(57-19-13-12-18-56(57)66)60-53(41-20-24-46(63)25-21-41)34-45(62(4,5)6)35-54(60)42-22-26-47(64)27-23-42/h7-38H,39H2,1-6H3. The van der Waals surface area contributed by atoms with Crippen molar-refractivity contribution >= 4 is 44.6 Å². The number of rotatable bonds is 8. The number of ether oxygens (including phenoxy) is 1. The van der Waals surface area contributed by atoms with Crippen molar-refractivity contribution in [3.63, 3.8) is 0 Å². The summed E-state index contributed by atoms with van der Waals surface area (Å²) in [5.41, 5.74) is 13.8. The molecule has 0 aliphatic carbocycles. The van der Waals surface area contributed by atoms with Gasteiger partial charge >= 0.3 is 0 Å². The van der Waals surface area contributed by atoms with E-state index in [2.05, 4.69) is 189 Å². The van der Waals surface area contributed by atoms with Gasteiger partial charge in [0.25, 0.3) is 0 Å². The van der Waals surface area contributed by atoms with Crippen molar-refractivity contribution < 1.29 is 13.5 Å². The van der Waals surface area contributed by atoms with Crippen LogP contribution in [-0.2, 0) is 10.8 Å². The van der Waals surface area contributed by atoms with Gasteiger partial charge in [-0.2, -0.15) is 0 Å². The smallest absolute Gasteiger partial charge is 0.137 e. The summed E-state index contributed by atoms with van der Waals surface area (Å²) in [6, 6.07) is 62.2. The van der Waals surface area contributed by atoms with Gasteiger partial charge in [-0.15, -0.1) is 0 Å². The Hall–Kier alpha value is -8.03. The Labute approximate surface area is 402 Å². The van der Waals surface area contributed by atoms with E-state index in [0.717, 1.165) is 89.3 Å². The first-order valence-corrected chi connectivity index (χ1v) is 23.5. The fourth-order valence-electron chi connectivity index (χ4n) is 9.68. The summed E-state index contributed by atoms with van der Waals surface area (Å²) in [4.78, 5) is 9.57. The van der Waals surface area contributed by atoms with E-state index in [9.17, 15) is 8.78 Å². The van der Waals surface area contributed by atoms with E-state index in [1.165, 1.54) is 29.8 Å². The van der Waals surface area contributed by atoms with Crippen molar-refractivity contribution in [2.24, 2.45) is 0 Å². The van der Waals surface area contributed by atoms with Crippen LogP contribution >= 0.6 is 0 Å². The highest BCUT2D eigenvalue weighted by molar-refractivity contribution is 6.09. The molecular formula is C62H52F2N4O. The zero-order valence-electron chi connectivity index (χ0n) is 39.6. The summed E-state index contributed by atoms with van der Waals surface area (Å²) in [5.74, 6) is 1.64. The Balaban J connectivity index is 1.06. The van der Waals surface area contributed by atoms with Gasteiger partial charge in [-0.05, 0) is 135 Å². The molecule has 8 aromatic carbocycles. The summed E-state index contributed by atoms with van der Waals surface area (Å²) in [6.07, 6.45) is 1.90. The summed E-state index contributed by atoms with van der Waals surface area (Å²) < 4.78 is 38.4. The summed E-state index contributed by atoms with van der Waals surface area (Å²) in [6.45, 7) is 13.7. The van der Waals surface area contributed by atoms with Gasteiger partial charge in [0.1, 0.15) is 35.6 Å². The molecule has 0 saturated heterocycles. The molecule has 1 aliphatic rings. The lowest BCUT2D eigenvalue weighted by Gasteiger charge is -2.30. The van der Waals surface area contributed by atoms with E-state index in [1.807, 2.05) is 36.5 Å². The van der Waals surface area contributed by atoms with E-state index in [-0.39, 0.29) is 22.5 Å². The van der Waals surface area contributed by atoms with Gasteiger partial charge in [-0.1, -0.05) is 126 Å². The van der Waals surface area contributed by atoms with Crippen molar-refractivity contribution in [3.8, 4) is 50.7 Å². The Morgan fingerprint density at radius 1 is 0.464 bits per heavy atom. The number of aromatic nitrogens is 2. The third-order valence-electron chi connectivity index (χ3n) is 13.3. The van der Waals surface area contributed by atoms with Crippen molar-refractivity contribution in [1.29, 1.82) is 0 Å². The molecular weight excluding hydrogens is 855 g/mol. The van der Waals surface area contributed by atoms with Crippen molar-refractivity contribution in [3.05, 3.63) is 217 Å². The topological polar surface area (TPSA) is 33.5 Å². The van der Waals surface area contributed by atoms with Crippen molar-refractivity contribution in [1.82, 2.24) is 9.55 Å². The Kier molecular flexibility index (Phi) is 10.7. The quantitative estimate of drug-likeness (QED) is 0.152. The van der Waals surface area contributed by atoms with Gasteiger partial charge in [0.2, 0.25) is 0 Å². The summed E-state index contributed by atoms with van der Waals surface area (Å²) in [5, 5.41) is 2.26. The van der Waals surface area contributed by atoms with Crippen LogP contribution in [0.5, 0.6) is 11.5 Å². The maximum Gasteiger partial charge on any atom is 0.137 e. The Morgan fingerprint density at radius 3 is 1.71 bits per heavy atom. The number of fused-ring (bicyclic) bond motifs is 4. The summed E-state index contributed by atoms with van der Waals surface area (Å²) in [7, 11) is 0. The van der Waals surface area contributed by atoms with Crippen LogP contribution in [0.1, 0.15) is 52.7 Å². The zero-order chi connectivity index (χ0) is 47.6. The number of hydrogen-bond acceptors (Lipinski definition) is 4. The van der Waals surface area contributed by atoms with Crippen LogP contribution in [0.2, 0.25) is 0 Å². The van der Waals surface area contributed by atoms with Gasteiger partial charge in [0, 0.05) is 45.9 Å². The molecule has 69 heavy (non-hydrogen) atoms. The number of nitrogens with zero attached hydrogens (tertiary/aromatic N) is 4. The van der Waals surface area contributed by atoms with Gasteiger partial charge < -0.3 is 14.5 Å².